The number of para-hydroxylation sites is 1. The van der Waals surface area contributed by atoms with Gasteiger partial charge in [-0.05, 0) is 31.2 Å². The number of carbonyl (C=O) groups is 3. The van der Waals surface area contributed by atoms with Crippen LogP contribution in [0.4, 0.5) is 0 Å². The van der Waals surface area contributed by atoms with E-state index in [9.17, 15) is 14.4 Å². The Hall–Kier alpha value is -3.06. The summed E-state index contributed by atoms with van der Waals surface area (Å²) in [5.74, 6) is -0.793. The van der Waals surface area contributed by atoms with Crippen molar-refractivity contribution in [3.63, 3.8) is 0 Å². The molecule has 1 aliphatic rings. The van der Waals surface area contributed by atoms with Crippen molar-refractivity contribution in [2.45, 2.75) is 19.9 Å². The van der Waals surface area contributed by atoms with Crippen molar-refractivity contribution in [2.24, 2.45) is 0 Å². The summed E-state index contributed by atoms with van der Waals surface area (Å²) in [4.78, 5) is 44.8. The number of amides is 3. The molecule has 0 unspecified atom stereocenters. The van der Waals surface area contributed by atoms with Crippen LogP contribution in [0.5, 0.6) is 0 Å². The van der Waals surface area contributed by atoms with Gasteiger partial charge in [-0.2, -0.15) is 0 Å². The van der Waals surface area contributed by atoms with E-state index < -0.39 is 0 Å². The van der Waals surface area contributed by atoms with Crippen LogP contribution < -0.4 is 0 Å². The van der Waals surface area contributed by atoms with Crippen LogP contribution in [0.15, 0.2) is 42.5 Å². The van der Waals surface area contributed by atoms with Gasteiger partial charge in [-0.1, -0.05) is 23.8 Å². The van der Waals surface area contributed by atoms with Gasteiger partial charge in [-0.25, -0.2) is 4.98 Å². The van der Waals surface area contributed by atoms with Gasteiger partial charge in [0.2, 0.25) is 5.91 Å². The average molecular weight is 393 g/mol. The van der Waals surface area contributed by atoms with Crippen LogP contribution in [0.1, 0.15) is 37.7 Å². The molecule has 7 heteroatoms. The first-order valence-electron chi connectivity index (χ1n) is 8.99. The van der Waals surface area contributed by atoms with E-state index >= 15 is 0 Å². The van der Waals surface area contributed by atoms with Crippen molar-refractivity contribution >= 4 is 39.3 Å². The van der Waals surface area contributed by atoms with Gasteiger partial charge >= 0.3 is 0 Å². The van der Waals surface area contributed by atoms with Gasteiger partial charge < -0.3 is 4.90 Å². The van der Waals surface area contributed by atoms with Gasteiger partial charge in [0.1, 0.15) is 5.01 Å². The summed E-state index contributed by atoms with van der Waals surface area (Å²) >= 11 is 1.56. The summed E-state index contributed by atoms with van der Waals surface area (Å²) < 4.78 is 1.08. The predicted octanol–water partition coefficient (Wildman–Crippen LogP) is 3.25. The number of imide groups is 1. The lowest BCUT2D eigenvalue weighted by Crippen LogP contribution is -2.35. The molecular formula is C21H19N3O3S. The minimum absolute atomic E-state index is 0.0778. The molecule has 0 N–H and O–H groups in total. The second-order valence-corrected chi connectivity index (χ2v) is 8.00. The first kappa shape index (κ1) is 18.3. The van der Waals surface area contributed by atoms with E-state index in [1.807, 2.05) is 37.3 Å². The third-order valence-corrected chi connectivity index (χ3v) is 5.83. The summed E-state index contributed by atoms with van der Waals surface area (Å²) in [6, 6.07) is 13.0. The number of hydrogen-bond acceptors (Lipinski definition) is 5. The van der Waals surface area contributed by atoms with Gasteiger partial charge in [-0.15, -0.1) is 11.3 Å². The van der Waals surface area contributed by atoms with E-state index in [0.717, 1.165) is 25.7 Å². The molecule has 6 nitrogen and oxygen atoms in total. The third-order valence-electron chi connectivity index (χ3n) is 4.81. The molecule has 1 aromatic heterocycles. The first-order chi connectivity index (χ1) is 13.4. The second-order valence-electron chi connectivity index (χ2n) is 6.89. The van der Waals surface area contributed by atoms with Gasteiger partial charge in [0.15, 0.2) is 0 Å². The maximum Gasteiger partial charge on any atom is 0.261 e. The van der Waals surface area contributed by atoms with E-state index in [4.69, 9.17) is 0 Å². The Balaban J connectivity index is 1.39. The van der Waals surface area contributed by atoms with E-state index in [0.29, 0.717) is 17.7 Å². The topological polar surface area (TPSA) is 70.6 Å². The first-order valence-corrected chi connectivity index (χ1v) is 9.81. The molecule has 28 heavy (non-hydrogen) atoms. The number of hydrogen-bond donors (Lipinski definition) is 0. The number of thiazole rings is 1. The zero-order valence-corrected chi connectivity index (χ0v) is 16.5. The molecule has 142 valence electrons. The lowest BCUT2D eigenvalue weighted by Gasteiger charge is -2.18. The van der Waals surface area contributed by atoms with E-state index in [2.05, 4.69) is 4.98 Å². The van der Waals surface area contributed by atoms with Crippen molar-refractivity contribution in [2.75, 3.05) is 13.6 Å². The standard InChI is InChI=1S/C21H19N3O3S/c1-13-7-8-14-15(11-13)21(27)24(20(14)26)10-9-19(25)23(2)12-18-22-16-5-3-4-6-17(16)28-18/h3-8,11H,9-10,12H2,1-2H3. The molecule has 0 spiro atoms. The van der Waals surface area contributed by atoms with Gasteiger partial charge in [0.05, 0.1) is 27.9 Å². The summed E-state index contributed by atoms with van der Waals surface area (Å²) in [7, 11) is 1.71. The fraction of sp³-hybridized carbons (Fsp3) is 0.238. The molecule has 0 radical (unpaired) electrons. The predicted molar refractivity (Wildman–Crippen MR) is 107 cm³/mol. The monoisotopic (exact) mass is 393 g/mol. The van der Waals surface area contributed by atoms with Gasteiger partial charge in [-0.3, -0.25) is 19.3 Å². The van der Waals surface area contributed by atoms with Crippen LogP contribution in [-0.4, -0.2) is 46.1 Å². The van der Waals surface area contributed by atoms with Crippen molar-refractivity contribution in [1.29, 1.82) is 0 Å². The molecule has 0 fully saturated rings. The van der Waals surface area contributed by atoms with Crippen LogP contribution in [0.2, 0.25) is 0 Å². The summed E-state index contributed by atoms with van der Waals surface area (Å²) in [6.07, 6.45) is 0.0891. The van der Waals surface area contributed by atoms with Crippen LogP contribution in [0, 0.1) is 6.92 Å². The SMILES string of the molecule is Cc1ccc2c(c1)C(=O)N(CCC(=O)N(C)Cc1nc3ccccc3s1)C2=O. The van der Waals surface area contributed by atoms with Crippen LogP contribution in [0.3, 0.4) is 0 Å². The van der Waals surface area contributed by atoms with Crippen LogP contribution in [0.25, 0.3) is 10.2 Å². The molecule has 4 rings (SSSR count). The molecule has 0 bridgehead atoms. The zero-order valence-electron chi connectivity index (χ0n) is 15.6. The number of nitrogens with zero attached hydrogens (tertiary/aromatic N) is 3. The van der Waals surface area contributed by atoms with Crippen molar-refractivity contribution in [1.82, 2.24) is 14.8 Å². The van der Waals surface area contributed by atoms with Crippen molar-refractivity contribution in [3.8, 4) is 0 Å². The van der Waals surface area contributed by atoms with Crippen molar-refractivity contribution < 1.29 is 14.4 Å². The lowest BCUT2D eigenvalue weighted by molar-refractivity contribution is -0.130. The summed E-state index contributed by atoms with van der Waals surface area (Å²) in [6.45, 7) is 2.36. The highest BCUT2D eigenvalue weighted by Crippen LogP contribution is 2.25. The van der Waals surface area contributed by atoms with E-state index in [1.165, 1.54) is 0 Å². The summed E-state index contributed by atoms with van der Waals surface area (Å²) in [5.41, 5.74) is 2.67. The Kier molecular flexibility index (Phi) is 4.68. The molecule has 0 saturated heterocycles. The maximum atomic E-state index is 12.5. The minimum atomic E-state index is -0.332. The normalized spacial score (nSPS) is 13.3. The minimum Gasteiger partial charge on any atom is -0.339 e. The number of fused-ring (bicyclic) bond motifs is 2. The molecule has 3 amide bonds. The Labute approximate surface area is 166 Å². The molecule has 2 aromatic carbocycles. The smallest absolute Gasteiger partial charge is 0.261 e. The van der Waals surface area contributed by atoms with E-state index in [-0.39, 0.29) is 30.7 Å². The number of aryl methyl sites for hydroxylation is 1. The quantitative estimate of drug-likeness (QED) is 0.624. The zero-order chi connectivity index (χ0) is 19.8. The summed E-state index contributed by atoms with van der Waals surface area (Å²) in [5, 5.41) is 0.855. The molecule has 3 aromatic rings. The highest BCUT2D eigenvalue weighted by Gasteiger charge is 2.35. The molecule has 1 aliphatic heterocycles. The van der Waals surface area contributed by atoms with Gasteiger partial charge in [0, 0.05) is 20.0 Å². The fourth-order valence-electron chi connectivity index (χ4n) is 3.28. The van der Waals surface area contributed by atoms with Crippen molar-refractivity contribution in [3.05, 3.63) is 64.2 Å². The molecule has 0 saturated carbocycles. The number of aromatic nitrogens is 1. The molecule has 0 aliphatic carbocycles. The Bertz CT molecular complexity index is 1070. The number of benzene rings is 2. The largest absolute Gasteiger partial charge is 0.339 e. The molecular weight excluding hydrogens is 374 g/mol. The maximum absolute atomic E-state index is 12.5. The third kappa shape index (κ3) is 3.29. The Morgan fingerprint density at radius 2 is 1.86 bits per heavy atom. The fourth-order valence-corrected chi connectivity index (χ4v) is 4.31. The lowest BCUT2D eigenvalue weighted by atomic mass is 10.1. The Morgan fingerprint density at radius 3 is 2.64 bits per heavy atom. The number of carbonyl (C=O) groups excluding carboxylic acids is 3. The molecule has 2 heterocycles. The Morgan fingerprint density at radius 1 is 1.11 bits per heavy atom. The van der Waals surface area contributed by atoms with E-state index in [1.54, 1.807) is 35.4 Å². The van der Waals surface area contributed by atoms with Crippen LogP contribution >= 0.6 is 11.3 Å². The molecule has 0 atom stereocenters. The number of rotatable bonds is 5. The second kappa shape index (κ2) is 7.16. The van der Waals surface area contributed by atoms with Crippen LogP contribution in [-0.2, 0) is 11.3 Å². The highest BCUT2D eigenvalue weighted by molar-refractivity contribution is 7.18. The average Bonchev–Trinajstić information content (AvgIpc) is 3.18. The van der Waals surface area contributed by atoms with Gasteiger partial charge in [0.25, 0.3) is 11.8 Å². The highest BCUT2D eigenvalue weighted by atomic mass is 32.1.